The predicted octanol–water partition coefficient (Wildman–Crippen LogP) is 3.25. The van der Waals surface area contributed by atoms with Gasteiger partial charge in [-0.2, -0.15) is 0 Å². The summed E-state index contributed by atoms with van der Waals surface area (Å²) in [6, 6.07) is 0. The Hall–Kier alpha value is -1.32. The third kappa shape index (κ3) is 2.57. The standard InChI is InChI=1S/C18H26O4/c1-10(2)16(19)21-11(3)17(20)22-18(4)14-6-12-5-13(8-14)9-15(18)7-12/h11-15H,1,5-9H2,2-4H3. The molecule has 4 aliphatic rings. The first-order chi connectivity index (χ1) is 10.3. The summed E-state index contributed by atoms with van der Waals surface area (Å²) in [5.74, 6) is 1.62. The van der Waals surface area contributed by atoms with E-state index < -0.39 is 18.0 Å². The highest BCUT2D eigenvalue weighted by molar-refractivity contribution is 5.89. The van der Waals surface area contributed by atoms with Crippen molar-refractivity contribution >= 4 is 11.9 Å². The maximum absolute atomic E-state index is 12.4. The van der Waals surface area contributed by atoms with Crippen LogP contribution >= 0.6 is 0 Å². The van der Waals surface area contributed by atoms with Crippen molar-refractivity contribution in [2.75, 3.05) is 0 Å². The second-order valence-corrected chi connectivity index (χ2v) is 7.74. The summed E-state index contributed by atoms with van der Waals surface area (Å²) < 4.78 is 11.0. The summed E-state index contributed by atoms with van der Waals surface area (Å²) in [6.07, 6.45) is 5.20. The Morgan fingerprint density at radius 2 is 1.59 bits per heavy atom. The molecule has 0 aliphatic heterocycles. The van der Waals surface area contributed by atoms with Gasteiger partial charge in [0.2, 0.25) is 0 Å². The number of hydrogen-bond acceptors (Lipinski definition) is 4. The van der Waals surface area contributed by atoms with Crippen LogP contribution < -0.4 is 0 Å². The van der Waals surface area contributed by atoms with Crippen LogP contribution in [0, 0.1) is 23.7 Å². The van der Waals surface area contributed by atoms with Crippen molar-refractivity contribution in [3.8, 4) is 0 Å². The molecular formula is C18H26O4. The monoisotopic (exact) mass is 306 g/mol. The largest absolute Gasteiger partial charge is 0.456 e. The van der Waals surface area contributed by atoms with Crippen LogP contribution in [0.2, 0.25) is 0 Å². The number of hydrogen-bond donors (Lipinski definition) is 0. The van der Waals surface area contributed by atoms with Crippen LogP contribution in [-0.2, 0) is 19.1 Å². The quantitative estimate of drug-likeness (QED) is 0.591. The molecular weight excluding hydrogens is 280 g/mol. The van der Waals surface area contributed by atoms with E-state index in [2.05, 4.69) is 13.5 Å². The lowest BCUT2D eigenvalue weighted by atomic mass is 9.50. The predicted molar refractivity (Wildman–Crippen MR) is 81.9 cm³/mol. The number of esters is 2. The Balaban J connectivity index is 1.66. The summed E-state index contributed by atoms with van der Waals surface area (Å²) >= 11 is 0. The van der Waals surface area contributed by atoms with Crippen LogP contribution in [0.25, 0.3) is 0 Å². The molecule has 4 fully saturated rings. The van der Waals surface area contributed by atoms with Crippen LogP contribution in [0.15, 0.2) is 12.2 Å². The molecule has 0 N–H and O–H groups in total. The first-order valence-electron chi connectivity index (χ1n) is 8.39. The Morgan fingerprint density at radius 3 is 2.05 bits per heavy atom. The first kappa shape index (κ1) is 15.6. The lowest BCUT2D eigenvalue weighted by Gasteiger charge is -2.59. The van der Waals surface area contributed by atoms with Gasteiger partial charge in [-0.1, -0.05) is 6.58 Å². The Labute approximate surface area is 132 Å². The number of ether oxygens (including phenoxy) is 2. The molecule has 4 heteroatoms. The average molecular weight is 306 g/mol. The molecule has 0 heterocycles. The maximum Gasteiger partial charge on any atom is 0.347 e. The lowest BCUT2D eigenvalue weighted by Crippen LogP contribution is -2.58. The Morgan fingerprint density at radius 1 is 1.09 bits per heavy atom. The molecule has 0 aromatic heterocycles. The van der Waals surface area contributed by atoms with Gasteiger partial charge < -0.3 is 9.47 Å². The molecule has 4 aliphatic carbocycles. The van der Waals surface area contributed by atoms with E-state index >= 15 is 0 Å². The molecule has 1 unspecified atom stereocenters. The van der Waals surface area contributed by atoms with Gasteiger partial charge in [0, 0.05) is 5.57 Å². The van der Waals surface area contributed by atoms with Crippen molar-refractivity contribution in [3.05, 3.63) is 12.2 Å². The highest BCUT2D eigenvalue weighted by Gasteiger charge is 2.57. The SMILES string of the molecule is C=C(C)C(=O)OC(C)C(=O)OC1(C)C2CC3CC(C2)CC1C3. The van der Waals surface area contributed by atoms with Crippen molar-refractivity contribution in [3.63, 3.8) is 0 Å². The highest BCUT2D eigenvalue weighted by Crippen LogP contribution is 2.59. The smallest absolute Gasteiger partial charge is 0.347 e. The zero-order valence-electron chi connectivity index (χ0n) is 13.8. The molecule has 4 nitrogen and oxygen atoms in total. The summed E-state index contributed by atoms with van der Waals surface area (Å²) in [7, 11) is 0. The fourth-order valence-electron chi connectivity index (χ4n) is 4.90. The Bertz CT molecular complexity index is 479. The topological polar surface area (TPSA) is 52.6 Å². The average Bonchev–Trinajstić information content (AvgIpc) is 2.43. The van der Waals surface area contributed by atoms with Gasteiger partial charge in [0.1, 0.15) is 5.60 Å². The molecule has 4 bridgehead atoms. The van der Waals surface area contributed by atoms with Crippen LogP contribution in [0.3, 0.4) is 0 Å². The van der Waals surface area contributed by atoms with Gasteiger partial charge in [0.15, 0.2) is 6.10 Å². The molecule has 122 valence electrons. The van der Waals surface area contributed by atoms with Gasteiger partial charge in [-0.15, -0.1) is 0 Å². The van der Waals surface area contributed by atoms with E-state index in [1.807, 2.05) is 0 Å². The van der Waals surface area contributed by atoms with Crippen LogP contribution in [0.5, 0.6) is 0 Å². The molecule has 0 spiro atoms. The Kier molecular flexibility index (Phi) is 3.82. The minimum absolute atomic E-state index is 0.292. The number of carbonyl (C=O) groups excluding carboxylic acids is 2. The second kappa shape index (κ2) is 5.39. The second-order valence-electron chi connectivity index (χ2n) is 7.74. The molecule has 0 saturated heterocycles. The summed E-state index contributed by atoms with van der Waals surface area (Å²) in [4.78, 5) is 23.9. The van der Waals surface area contributed by atoms with Crippen molar-refractivity contribution in [2.24, 2.45) is 23.7 Å². The van der Waals surface area contributed by atoms with E-state index in [0.29, 0.717) is 17.4 Å². The molecule has 0 aromatic rings. The first-order valence-corrected chi connectivity index (χ1v) is 8.39. The van der Waals surface area contributed by atoms with Crippen molar-refractivity contribution in [1.82, 2.24) is 0 Å². The van der Waals surface area contributed by atoms with Gasteiger partial charge >= 0.3 is 11.9 Å². The van der Waals surface area contributed by atoms with Crippen LogP contribution in [-0.4, -0.2) is 23.6 Å². The third-order valence-corrected chi connectivity index (χ3v) is 6.04. The van der Waals surface area contributed by atoms with Gasteiger partial charge in [-0.05, 0) is 76.5 Å². The minimum atomic E-state index is -0.877. The van der Waals surface area contributed by atoms with E-state index in [-0.39, 0.29) is 5.60 Å². The highest BCUT2D eigenvalue weighted by atomic mass is 16.6. The zero-order chi connectivity index (χ0) is 16.1. The molecule has 1 atom stereocenters. The van der Waals surface area contributed by atoms with E-state index in [0.717, 1.165) is 11.8 Å². The van der Waals surface area contributed by atoms with Gasteiger partial charge in [-0.25, -0.2) is 9.59 Å². The lowest BCUT2D eigenvalue weighted by molar-refractivity contribution is -0.211. The number of rotatable bonds is 4. The van der Waals surface area contributed by atoms with Crippen molar-refractivity contribution in [1.29, 1.82) is 0 Å². The fourth-order valence-corrected chi connectivity index (χ4v) is 4.90. The van der Waals surface area contributed by atoms with Gasteiger partial charge in [-0.3, -0.25) is 0 Å². The number of carbonyl (C=O) groups is 2. The van der Waals surface area contributed by atoms with E-state index in [4.69, 9.17) is 9.47 Å². The maximum atomic E-state index is 12.4. The molecule has 4 rings (SSSR count). The van der Waals surface area contributed by atoms with Gasteiger partial charge in [0.25, 0.3) is 0 Å². The van der Waals surface area contributed by atoms with Crippen molar-refractivity contribution in [2.45, 2.75) is 64.6 Å². The van der Waals surface area contributed by atoms with Gasteiger partial charge in [0.05, 0.1) is 0 Å². The summed E-state index contributed by atoms with van der Waals surface area (Å²) in [5.41, 5.74) is -0.0884. The van der Waals surface area contributed by atoms with Crippen LogP contribution in [0.1, 0.15) is 52.9 Å². The zero-order valence-corrected chi connectivity index (χ0v) is 13.8. The summed E-state index contributed by atoms with van der Waals surface area (Å²) in [5, 5.41) is 0. The fraction of sp³-hybridized carbons (Fsp3) is 0.778. The molecule has 0 radical (unpaired) electrons. The molecule has 0 aromatic carbocycles. The van der Waals surface area contributed by atoms with E-state index in [1.54, 1.807) is 13.8 Å². The molecule has 4 saturated carbocycles. The van der Waals surface area contributed by atoms with E-state index in [1.165, 1.54) is 32.1 Å². The van der Waals surface area contributed by atoms with E-state index in [9.17, 15) is 9.59 Å². The normalized spacial score (nSPS) is 40.1. The third-order valence-electron chi connectivity index (χ3n) is 6.04. The molecule has 0 amide bonds. The molecule has 22 heavy (non-hydrogen) atoms. The summed E-state index contributed by atoms with van der Waals surface area (Å²) in [6.45, 7) is 8.76. The van der Waals surface area contributed by atoms with Crippen LogP contribution in [0.4, 0.5) is 0 Å². The van der Waals surface area contributed by atoms with Crippen molar-refractivity contribution < 1.29 is 19.1 Å². The minimum Gasteiger partial charge on any atom is -0.456 e.